The maximum absolute atomic E-state index is 12.0. The Kier molecular flexibility index (Phi) is 4.08. The van der Waals surface area contributed by atoms with E-state index in [0.717, 1.165) is 32.4 Å². The second-order valence-corrected chi connectivity index (χ2v) is 4.46. The maximum Gasteiger partial charge on any atom is 0.244 e. The minimum absolute atomic E-state index is 0.0816. The molecule has 0 aliphatic carbocycles. The van der Waals surface area contributed by atoms with Crippen LogP contribution in [0.4, 0.5) is 0 Å². The van der Waals surface area contributed by atoms with Crippen LogP contribution in [0.15, 0.2) is 12.4 Å². The van der Waals surface area contributed by atoms with Crippen molar-refractivity contribution in [2.24, 2.45) is 5.92 Å². The fourth-order valence-electron chi connectivity index (χ4n) is 2.27. The summed E-state index contributed by atoms with van der Waals surface area (Å²) in [5, 5.41) is 16.4. The molecule has 1 fully saturated rings. The quantitative estimate of drug-likeness (QED) is 0.795. The van der Waals surface area contributed by atoms with Crippen molar-refractivity contribution in [2.75, 3.05) is 19.7 Å². The third-order valence-corrected chi connectivity index (χ3v) is 3.18. The first kappa shape index (κ1) is 12.0. The molecule has 6 heteroatoms. The Balaban J connectivity index is 1.86. The summed E-state index contributed by atoms with van der Waals surface area (Å²) in [6.45, 7) is 2.03. The van der Waals surface area contributed by atoms with Gasteiger partial charge in [0.05, 0.1) is 6.20 Å². The van der Waals surface area contributed by atoms with Gasteiger partial charge < -0.3 is 10.0 Å². The van der Waals surface area contributed by atoms with Crippen LogP contribution in [-0.4, -0.2) is 50.6 Å². The van der Waals surface area contributed by atoms with Crippen molar-refractivity contribution in [1.82, 2.24) is 19.9 Å². The highest BCUT2D eigenvalue weighted by molar-refractivity contribution is 5.75. The molecule has 2 heterocycles. The lowest BCUT2D eigenvalue weighted by Crippen LogP contribution is -2.41. The molecule has 6 nitrogen and oxygen atoms in total. The number of likely N-dealkylation sites (tertiary alicyclic amines) is 1. The number of nitrogens with zero attached hydrogens (tertiary/aromatic N) is 4. The summed E-state index contributed by atoms with van der Waals surface area (Å²) in [6, 6.07) is 0. The van der Waals surface area contributed by atoms with E-state index >= 15 is 0 Å². The van der Waals surface area contributed by atoms with E-state index in [9.17, 15) is 4.79 Å². The zero-order chi connectivity index (χ0) is 12.1. The van der Waals surface area contributed by atoms with Crippen LogP contribution >= 0.6 is 0 Å². The minimum Gasteiger partial charge on any atom is -0.396 e. The van der Waals surface area contributed by atoms with Crippen molar-refractivity contribution >= 4 is 5.91 Å². The third kappa shape index (κ3) is 3.26. The van der Waals surface area contributed by atoms with Crippen LogP contribution in [-0.2, 0) is 11.3 Å². The second kappa shape index (κ2) is 5.77. The molecule has 1 amide bonds. The standard InChI is InChI=1S/C11H18N4O2/c16-7-3-10-2-1-5-14(8-10)11(17)9-15-6-4-12-13-15/h4,6,10,16H,1-3,5,7-9H2. The van der Waals surface area contributed by atoms with Crippen molar-refractivity contribution in [1.29, 1.82) is 0 Å². The Morgan fingerprint density at radius 1 is 1.53 bits per heavy atom. The van der Waals surface area contributed by atoms with E-state index in [1.54, 1.807) is 12.4 Å². The molecule has 0 bridgehead atoms. The van der Waals surface area contributed by atoms with Crippen LogP contribution in [0.25, 0.3) is 0 Å². The summed E-state index contributed by atoms with van der Waals surface area (Å²) in [7, 11) is 0. The van der Waals surface area contributed by atoms with E-state index in [4.69, 9.17) is 5.11 Å². The van der Waals surface area contributed by atoms with Gasteiger partial charge in [0.25, 0.3) is 0 Å². The molecule has 1 N–H and O–H groups in total. The van der Waals surface area contributed by atoms with Gasteiger partial charge in [-0.2, -0.15) is 0 Å². The van der Waals surface area contributed by atoms with Crippen LogP contribution in [0.1, 0.15) is 19.3 Å². The van der Waals surface area contributed by atoms with E-state index in [1.165, 1.54) is 4.68 Å². The highest BCUT2D eigenvalue weighted by Gasteiger charge is 2.23. The number of hydrogen-bond acceptors (Lipinski definition) is 4. The molecular formula is C11H18N4O2. The van der Waals surface area contributed by atoms with E-state index in [2.05, 4.69) is 10.3 Å². The van der Waals surface area contributed by atoms with Crippen molar-refractivity contribution in [3.63, 3.8) is 0 Å². The normalized spacial score (nSPS) is 20.5. The molecule has 1 aliphatic heterocycles. The molecule has 1 saturated heterocycles. The lowest BCUT2D eigenvalue weighted by molar-refractivity contribution is -0.134. The number of amides is 1. The van der Waals surface area contributed by atoms with Crippen molar-refractivity contribution in [2.45, 2.75) is 25.8 Å². The third-order valence-electron chi connectivity index (χ3n) is 3.18. The van der Waals surface area contributed by atoms with Gasteiger partial charge in [0.1, 0.15) is 6.54 Å². The molecule has 1 aromatic heterocycles. The van der Waals surface area contributed by atoms with E-state index in [-0.39, 0.29) is 19.1 Å². The van der Waals surface area contributed by atoms with Crippen LogP contribution in [0.2, 0.25) is 0 Å². The van der Waals surface area contributed by atoms with Crippen LogP contribution in [0.5, 0.6) is 0 Å². The molecule has 1 atom stereocenters. The van der Waals surface area contributed by atoms with Crippen molar-refractivity contribution in [3.8, 4) is 0 Å². The monoisotopic (exact) mass is 238 g/mol. The minimum atomic E-state index is 0.0816. The first-order valence-corrected chi connectivity index (χ1v) is 6.02. The Labute approximate surface area is 100 Å². The fraction of sp³-hybridized carbons (Fsp3) is 0.727. The number of aromatic nitrogens is 3. The number of aliphatic hydroxyl groups excluding tert-OH is 1. The number of carbonyl (C=O) groups is 1. The molecule has 1 aromatic rings. The Hall–Kier alpha value is -1.43. The summed E-state index contributed by atoms with van der Waals surface area (Å²) >= 11 is 0. The molecule has 2 rings (SSSR count). The molecule has 0 radical (unpaired) electrons. The first-order chi connectivity index (χ1) is 8.29. The Bertz CT molecular complexity index is 350. The number of hydrogen-bond donors (Lipinski definition) is 1. The number of piperidine rings is 1. The molecule has 1 aliphatic rings. The zero-order valence-electron chi connectivity index (χ0n) is 9.83. The van der Waals surface area contributed by atoms with Gasteiger partial charge in [-0.1, -0.05) is 5.21 Å². The Morgan fingerprint density at radius 3 is 3.12 bits per heavy atom. The van der Waals surface area contributed by atoms with Gasteiger partial charge in [0.2, 0.25) is 5.91 Å². The Morgan fingerprint density at radius 2 is 2.41 bits per heavy atom. The molecule has 1 unspecified atom stereocenters. The predicted octanol–water partition coefficient (Wildman–Crippen LogP) is -0.101. The van der Waals surface area contributed by atoms with E-state index < -0.39 is 0 Å². The van der Waals surface area contributed by atoms with Gasteiger partial charge in [0.15, 0.2) is 0 Å². The molecule has 0 saturated carbocycles. The van der Waals surface area contributed by atoms with Gasteiger partial charge >= 0.3 is 0 Å². The fourth-order valence-corrected chi connectivity index (χ4v) is 2.27. The van der Waals surface area contributed by atoms with Gasteiger partial charge in [0, 0.05) is 25.9 Å². The SMILES string of the molecule is O=C(Cn1ccnn1)N1CCCC(CCO)C1. The van der Waals surface area contributed by atoms with Crippen molar-refractivity contribution < 1.29 is 9.90 Å². The van der Waals surface area contributed by atoms with E-state index in [0.29, 0.717) is 5.92 Å². The molecule has 17 heavy (non-hydrogen) atoms. The maximum atomic E-state index is 12.0. The number of rotatable bonds is 4. The average Bonchev–Trinajstić information content (AvgIpc) is 2.83. The lowest BCUT2D eigenvalue weighted by atomic mass is 9.95. The zero-order valence-corrected chi connectivity index (χ0v) is 9.83. The summed E-state index contributed by atoms with van der Waals surface area (Å²) in [5.41, 5.74) is 0. The van der Waals surface area contributed by atoms with Crippen LogP contribution in [0, 0.1) is 5.92 Å². The number of aliphatic hydroxyl groups is 1. The second-order valence-electron chi connectivity index (χ2n) is 4.46. The summed E-state index contributed by atoms with van der Waals surface area (Å²) < 4.78 is 1.54. The van der Waals surface area contributed by atoms with Crippen molar-refractivity contribution in [3.05, 3.63) is 12.4 Å². The largest absolute Gasteiger partial charge is 0.396 e. The molecule has 0 spiro atoms. The highest BCUT2D eigenvalue weighted by Crippen LogP contribution is 2.19. The molecular weight excluding hydrogens is 220 g/mol. The smallest absolute Gasteiger partial charge is 0.244 e. The van der Waals surface area contributed by atoms with Gasteiger partial charge in [-0.05, 0) is 25.2 Å². The average molecular weight is 238 g/mol. The predicted molar refractivity (Wildman–Crippen MR) is 61.0 cm³/mol. The van der Waals surface area contributed by atoms with Gasteiger partial charge in [-0.3, -0.25) is 4.79 Å². The summed E-state index contributed by atoms with van der Waals surface area (Å²) in [4.78, 5) is 13.9. The summed E-state index contributed by atoms with van der Waals surface area (Å²) in [5.74, 6) is 0.520. The topological polar surface area (TPSA) is 71.2 Å². The first-order valence-electron chi connectivity index (χ1n) is 6.02. The van der Waals surface area contributed by atoms with Gasteiger partial charge in [-0.15, -0.1) is 5.10 Å². The molecule has 94 valence electrons. The lowest BCUT2D eigenvalue weighted by Gasteiger charge is -2.32. The summed E-state index contributed by atoms with van der Waals surface area (Å²) in [6.07, 6.45) is 6.17. The highest BCUT2D eigenvalue weighted by atomic mass is 16.3. The molecule has 0 aromatic carbocycles. The van der Waals surface area contributed by atoms with Gasteiger partial charge in [-0.25, -0.2) is 4.68 Å². The number of carbonyl (C=O) groups excluding carboxylic acids is 1. The van der Waals surface area contributed by atoms with Crippen LogP contribution in [0.3, 0.4) is 0 Å². The van der Waals surface area contributed by atoms with Crippen LogP contribution < -0.4 is 0 Å². The van der Waals surface area contributed by atoms with E-state index in [1.807, 2.05) is 4.90 Å².